The average Bonchev–Trinajstić information content (AvgIpc) is 2.53. The molecule has 1 aromatic rings. The molecule has 0 radical (unpaired) electrons. The van der Waals surface area contributed by atoms with Crippen LogP contribution in [0.1, 0.15) is 69.4 Å². The number of ether oxygens (including phenoxy) is 2. The van der Waals surface area contributed by atoms with E-state index in [4.69, 9.17) is 9.47 Å². The molecule has 7 heteroatoms. The summed E-state index contributed by atoms with van der Waals surface area (Å²) in [7, 11) is -4.62. The molecule has 0 heterocycles. The molecular formula is C21H34O6S. The zero-order valence-corrected chi connectivity index (χ0v) is 19.7. The van der Waals surface area contributed by atoms with Crippen molar-refractivity contribution in [1.82, 2.24) is 0 Å². The lowest BCUT2D eigenvalue weighted by molar-refractivity contribution is -0.178. The van der Waals surface area contributed by atoms with Crippen molar-refractivity contribution in [3.63, 3.8) is 0 Å². The lowest BCUT2D eigenvalue weighted by Gasteiger charge is -2.42. The Morgan fingerprint density at radius 2 is 1.11 bits per heavy atom. The second-order valence-electron chi connectivity index (χ2n) is 8.95. The Morgan fingerprint density at radius 3 is 1.46 bits per heavy atom. The molecule has 0 atom stereocenters. The van der Waals surface area contributed by atoms with E-state index in [1.54, 1.807) is 27.7 Å². The molecular weight excluding hydrogens is 380 g/mol. The molecule has 0 aliphatic carbocycles. The van der Waals surface area contributed by atoms with E-state index in [0.29, 0.717) is 0 Å². The SMILES string of the molecule is Cc1c(C)c(C)c(OC(C)(C)C(C)(C)OC(=O)C(C)(C)S(=O)(=O)O)c(C)c1C. The van der Waals surface area contributed by atoms with Crippen LogP contribution in [0, 0.1) is 34.6 Å². The van der Waals surface area contributed by atoms with Gasteiger partial charge in [-0.3, -0.25) is 9.35 Å². The number of hydrogen-bond acceptors (Lipinski definition) is 5. The smallest absolute Gasteiger partial charge is 0.330 e. The highest BCUT2D eigenvalue weighted by Gasteiger charge is 2.49. The minimum Gasteiger partial charge on any atom is -0.483 e. The summed E-state index contributed by atoms with van der Waals surface area (Å²) >= 11 is 0. The first-order chi connectivity index (χ1) is 12.3. The van der Waals surface area contributed by atoms with Crippen molar-refractivity contribution in [2.75, 3.05) is 0 Å². The quantitative estimate of drug-likeness (QED) is 0.549. The number of carbonyl (C=O) groups excluding carboxylic acids is 1. The summed E-state index contributed by atoms with van der Waals surface area (Å²) in [4.78, 5) is 12.5. The molecule has 0 fully saturated rings. The van der Waals surface area contributed by atoms with Crippen LogP contribution in [0.15, 0.2) is 0 Å². The van der Waals surface area contributed by atoms with Gasteiger partial charge in [-0.1, -0.05) is 0 Å². The van der Waals surface area contributed by atoms with Gasteiger partial charge in [0.25, 0.3) is 10.1 Å². The molecule has 0 unspecified atom stereocenters. The molecule has 0 spiro atoms. The van der Waals surface area contributed by atoms with Gasteiger partial charge in [-0.05, 0) is 104 Å². The Labute approximate surface area is 169 Å². The van der Waals surface area contributed by atoms with Crippen molar-refractivity contribution >= 4 is 16.1 Å². The van der Waals surface area contributed by atoms with Crippen LogP contribution >= 0.6 is 0 Å². The average molecular weight is 415 g/mol. The predicted octanol–water partition coefficient (Wildman–Crippen LogP) is 4.37. The van der Waals surface area contributed by atoms with E-state index in [9.17, 15) is 17.8 Å². The fraction of sp³-hybridized carbons (Fsp3) is 0.667. The van der Waals surface area contributed by atoms with Crippen molar-refractivity contribution in [2.45, 2.75) is 92.1 Å². The highest BCUT2D eigenvalue weighted by Crippen LogP contribution is 2.38. The van der Waals surface area contributed by atoms with Gasteiger partial charge < -0.3 is 9.47 Å². The Morgan fingerprint density at radius 1 is 0.750 bits per heavy atom. The highest BCUT2D eigenvalue weighted by molar-refractivity contribution is 7.88. The van der Waals surface area contributed by atoms with Crippen LogP contribution in [0.4, 0.5) is 0 Å². The van der Waals surface area contributed by atoms with Crippen LogP contribution in [0.3, 0.4) is 0 Å². The predicted molar refractivity (Wildman–Crippen MR) is 111 cm³/mol. The van der Waals surface area contributed by atoms with Crippen molar-refractivity contribution in [1.29, 1.82) is 0 Å². The highest BCUT2D eigenvalue weighted by atomic mass is 32.2. The van der Waals surface area contributed by atoms with Gasteiger partial charge in [0.05, 0.1) is 0 Å². The molecule has 1 aromatic carbocycles. The van der Waals surface area contributed by atoms with E-state index in [0.717, 1.165) is 41.9 Å². The van der Waals surface area contributed by atoms with Crippen molar-refractivity contribution in [3.05, 3.63) is 27.8 Å². The van der Waals surface area contributed by atoms with Crippen molar-refractivity contribution in [2.24, 2.45) is 0 Å². The third kappa shape index (κ3) is 4.20. The van der Waals surface area contributed by atoms with E-state index >= 15 is 0 Å². The molecule has 0 bridgehead atoms. The zero-order chi connectivity index (χ0) is 22.5. The maximum Gasteiger partial charge on any atom is 0.330 e. The molecule has 1 rings (SSSR count). The minimum atomic E-state index is -4.62. The summed E-state index contributed by atoms with van der Waals surface area (Å²) in [5.74, 6) is -0.315. The summed E-state index contributed by atoms with van der Waals surface area (Å²) in [5, 5.41) is 0. The van der Waals surface area contributed by atoms with E-state index in [2.05, 4.69) is 6.92 Å². The molecule has 28 heavy (non-hydrogen) atoms. The molecule has 0 saturated carbocycles. The normalized spacial score (nSPS) is 13.4. The van der Waals surface area contributed by atoms with Crippen LogP contribution in [0.25, 0.3) is 0 Å². The van der Waals surface area contributed by atoms with Gasteiger partial charge >= 0.3 is 5.97 Å². The molecule has 0 aliphatic heterocycles. The number of carbonyl (C=O) groups is 1. The van der Waals surface area contributed by atoms with E-state index in [1.165, 1.54) is 5.56 Å². The number of esters is 1. The molecule has 0 amide bonds. The third-order valence-corrected chi connectivity index (χ3v) is 7.68. The third-order valence-electron chi connectivity index (χ3n) is 6.22. The topological polar surface area (TPSA) is 89.9 Å². The van der Waals surface area contributed by atoms with Crippen LogP contribution in [0.2, 0.25) is 0 Å². The monoisotopic (exact) mass is 414 g/mol. The van der Waals surface area contributed by atoms with Crippen LogP contribution in [-0.2, 0) is 19.6 Å². The van der Waals surface area contributed by atoms with E-state index in [-0.39, 0.29) is 0 Å². The van der Waals surface area contributed by atoms with Gasteiger partial charge in [-0.15, -0.1) is 0 Å². The van der Waals surface area contributed by atoms with Crippen LogP contribution < -0.4 is 4.74 Å². The molecule has 0 aromatic heterocycles. The zero-order valence-electron chi connectivity index (χ0n) is 18.9. The lowest BCUT2D eigenvalue weighted by atomic mass is 9.87. The van der Waals surface area contributed by atoms with E-state index < -0.39 is 32.0 Å². The summed E-state index contributed by atoms with van der Waals surface area (Å²) in [6.07, 6.45) is 0. The molecule has 0 aliphatic rings. The van der Waals surface area contributed by atoms with Crippen molar-refractivity contribution < 1.29 is 27.2 Å². The summed E-state index contributed by atoms with van der Waals surface area (Å²) in [6, 6.07) is 0. The first kappa shape index (κ1) is 24.4. The Bertz CT molecular complexity index is 863. The molecule has 160 valence electrons. The number of rotatable bonds is 6. The Hall–Kier alpha value is -1.60. The standard InChI is InChI=1S/C21H34O6S/c1-12-13(2)15(4)17(16(5)14(12)3)26-20(8,9)21(10,11)27-18(22)19(6,7)28(23,24)25/h1-11H3,(H,23,24,25). The first-order valence-electron chi connectivity index (χ1n) is 9.24. The molecule has 1 N–H and O–H groups in total. The fourth-order valence-electron chi connectivity index (χ4n) is 2.58. The van der Waals surface area contributed by atoms with Gasteiger partial charge in [0, 0.05) is 0 Å². The maximum absolute atomic E-state index is 12.5. The summed E-state index contributed by atoms with van der Waals surface area (Å²) in [6.45, 7) is 19.2. The van der Waals surface area contributed by atoms with Gasteiger partial charge in [-0.2, -0.15) is 8.42 Å². The second-order valence-corrected chi connectivity index (χ2v) is 10.9. The summed E-state index contributed by atoms with van der Waals surface area (Å²) < 4.78 is 42.2. The van der Waals surface area contributed by atoms with Crippen LogP contribution in [-0.4, -0.2) is 34.9 Å². The maximum atomic E-state index is 12.5. The molecule has 6 nitrogen and oxygen atoms in total. The Kier molecular flexibility index (Phi) is 6.40. The largest absolute Gasteiger partial charge is 0.483 e. The molecule has 0 saturated heterocycles. The van der Waals surface area contributed by atoms with Gasteiger partial charge in [0.15, 0.2) is 4.75 Å². The fourth-order valence-corrected chi connectivity index (χ4v) is 2.83. The van der Waals surface area contributed by atoms with Gasteiger partial charge in [0.1, 0.15) is 17.0 Å². The van der Waals surface area contributed by atoms with Crippen LogP contribution in [0.5, 0.6) is 5.75 Å². The van der Waals surface area contributed by atoms with Gasteiger partial charge in [-0.25, -0.2) is 0 Å². The number of benzene rings is 1. The summed E-state index contributed by atoms with van der Waals surface area (Å²) in [5.41, 5.74) is 3.33. The first-order valence-corrected chi connectivity index (χ1v) is 10.7. The Balaban J connectivity index is 3.32. The number of hydrogen-bond donors (Lipinski definition) is 1. The second kappa shape index (κ2) is 7.34. The van der Waals surface area contributed by atoms with E-state index in [1.807, 2.05) is 27.7 Å². The van der Waals surface area contributed by atoms with Gasteiger partial charge in [0.2, 0.25) is 0 Å². The lowest BCUT2D eigenvalue weighted by Crippen LogP contribution is -2.56. The van der Waals surface area contributed by atoms with Crippen molar-refractivity contribution in [3.8, 4) is 5.75 Å². The minimum absolute atomic E-state index is 0.726.